The highest BCUT2D eigenvalue weighted by Crippen LogP contribution is 2.02. The molecule has 0 spiro atoms. The van der Waals surface area contributed by atoms with Crippen LogP contribution < -0.4 is 0 Å². The summed E-state index contributed by atoms with van der Waals surface area (Å²) in [6.45, 7) is 3.78. The van der Waals surface area contributed by atoms with Crippen molar-refractivity contribution in [1.29, 1.82) is 0 Å². The summed E-state index contributed by atoms with van der Waals surface area (Å²) in [5.74, 6) is 0. The third-order valence-corrected chi connectivity index (χ3v) is 1.08. The second-order valence-corrected chi connectivity index (χ2v) is 1.73. The van der Waals surface area contributed by atoms with E-state index in [1.807, 2.05) is 18.2 Å². The summed E-state index contributed by atoms with van der Waals surface area (Å²) in [5, 5.41) is 1.86. The molecule has 1 heterocycles. The highest BCUT2D eigenvalue weighted by Gasteiger charge is 2.00. The Balaban J connectivity index is 2.16. The Kier molecular flexibility index (Phi) is 1.92. The molecule has 0 aromatic carbocycles. The van der Waals surface area contributed by atoms with E-state index in [1.54, 1.807) is 0 Å². The molecule has 0 atom stereocenters. The summed E-state index contributed by atoms with van der Waals surface area (Å²) in [6.07, 6.45) is 5.21. The molecule has 2 heteroatoms. The maximum absolute atomic E-state index is 5.15. The molecule has 1 aliphatic heterocycles. The van der Waals surface area contributed by atoms with E-state index in [2.05, 4.69) is 6.08 Å². The van der Waals surface area contributed by atoms with Crippen LogP contribution in [0, 0.1) is 0 Å². The van der Waals surface area contributed by atoms with Crippen LogP contribution in [0.3, 0.4) is 0 Å². The van der Waals surface area contributed by atoms with E-state index in [-0.39, 0.29) is 0 Å². The lowest BCUT2D eigenvalue weighted by Gasteiger charge is -2.12. The molecule has 0 saturated heterocycles. The molecule has 46 valence electrons. The van der Waals surface area contributed by atoms with Crippen molar-refractivity contribution < 1.29 is 4.84 Å². The topological polar surface area (TPSA) is 12.5 Å². The average Bonchev–Trinajstić information content (AvgIpc) is 2.19. The summed E-state index contributed by atoms with van der Waals surface area (Å²) < 4.78 is 0. The van der Waals surface area contributed by atoms with Crippen LogP contribution in [0.1, 0.15) is 13.3 Å². The monoisotopic (exact) mass is 113 g/mol. The molecule has 0 aliphatic carbocycles. The Bertz CT molecular complexity index is 90.5. The zero-order valence-corrected chi connectivity index (χ0v) is 5.13. The van der Waals surface area contributed by atoms with Crippen molar-refractivity contribution in [3.63, 3.8) is 0 Å². The van der Waals surface area contributed by atoms with Crippen LogP contribution in [-0.4, -0.2) is 18.2 Å². The summed E-state index contributed by atoms with van der Waals surface area (Å²) in [4.78, 5) is 5.15. The summed E-state index contributed by atoms with van der Waals surface area (Å²) in [6, 6.07) is 0. The van der Waals surface area contributed by atoms with Gasteiger partial charge in [0.15, 0.2) is 0 Å². The second kappa shape index (κ2) is 2.72. The molecule has 1 aliphatic rings. The van der Waals surface area contributed by atoms with Crippen molar-refractivity contribution >= 4 is 0 Å². The Morgan fingerprint density at radius 1 is 1.75 bits per heavy atom. The lowest BCUT2D eigenvalue weighted by Crippen LogP contribution is -2.14. The second-order valence-electron chi connectivity index (χ2n) is 1.73. The Morgan fingerprint density at radius 3 is 3.12 bits per heavy atom. The van der Waals surface area contributed by atoms with Gasteiger partial charge < -0.3 is 0 Å². The quantitative estimate of drug-likeness (QED) is 0.532. The largest absolute Gasteiger partial charge is 0.274 e. The maximum Gasteiger partial charge on any atom is 0.0720 e. The molecular formula is C6H11NO. The van der Waals surface area contributed by atoms with Crippen LogP contribution in [0.2, 0.25) is 0 Å². The van der Waals surface area contributed by atoms with Gasteiger partial charge in [-0.25, -0.2) is 0 Å². The standard InChI is InChI=1S/C6H11NO/c1-2-8-7-5-3-4-6-7/h3,5H,2,4,6H2,1H3. The summed E-state index contributed by atoms with van der Waals surface area (Å²) in [5.41, 5.74) is 0. The molecule has 0 aromatic rings. The van der Waals surface area contributed by atoms with Crippen LogP contribution in [0.5, 0.6) is 0 Å². The van der Waals surface area contributed by atoms with E-state index >= 15 is 0 Å². The SMILES string of the molecule is CCON1C=CCC1. The number of hydrogen-bond donors (Lipinski definition) is 0. The molecular weight excluding hydrogens is 102 g/mol. The van der Waals surface area contributed by atoms with Crippen molar-refractivity contribution in [2.75, 3.05) is 13.2 Å². The molecule has 2 nitrogen and oxygen atoms in total. The first-order valence-electron chi connectivity index (χ1n) is 2.99. The van der Waals surface area contributed by atoms with Crippen LogP contribution in [0.4, 0.5) is 0 Å². The fourth-order valence-electron chi connectivity index (χ4n) is 0.742. The first-order chi connectivity index (χ1) is 3.93. The van der Waals surface area contributed by atoms with Gasteiger partial charge in [-0.1, -0.05) is 6.08 Å². The van der Waals surface area contributed by atoms with E-state index in [1.165, 1.54) is 0 Å². The van der Waals surface area contributed by atoms with Crippen LogP contribution in [0.25, 0.3) is 0 Å². The third-order valence-electron chi connectivity index (χ3n) is 1.08. The number of nitrogens with zero attached hydrogens (tertiary/aromatic N) is 1. The first-order valence-corrected chi connectivity index (χ1v) is 2.99. The summed E-state index contributed by atoms with van der Waals surface area (Å²) in [7, 11) is 0. The van der Waals surface area contributed by atoms with Gasteiger partial charge in [0, 0.05) is 12.7 Å². The van der Waals surface area contributed by atoms with Gasteiger partial charge in [0.1, 0.15) is 0 Å². The minimum atomic E-state index is 0.768. The Hall–Kier alpha value is -0.500. The van der Waals surface area contributed by atoms with Gasteiger partial charge in [0.05, 0.1) is 6.61 Å². The maximum atomic E-state index is 5.15. The summed E-state index contributed by atoms with van der Waals surface area (Å²) >= 11 is 0. The van der Waals surface area contributed by atoms with Gasteiger partial charge in [0.25, 0.3) is 0 Å². The first kappa shape index (κ1) is 5.63. The average molecular weight is 113 g/mol. The van der Waals surface area contributed by atoms with Crippen molar-refractivity contribution in [3.8, 4) is 0 Å². The van der Waals surface area contributed by atoms with Crippen molar-refractivity contribution in [1.82, 2.24) is 5.06 Å². The highest BCUT2D eigenvalue weighted by atomic mass is 16.7. The number of hydroxylamine groups is 2. The molecule has 0 amide bonds. The molecule has 0 bridgehead atoms. The van der Waals surface area contributed by atoms with E-state index in [0.717, 1.165) is 19.6 Å². The lowest BCUT2D eigenvalue weighted by molar-refractivity contribution is -0.107. The zero-order valence-electron chi connectivity index (χ0n) is 5.13. The predicted molar refractivity (Wildman–Crippen MR) is 32.1 cm³/mol. The Labute approximate surface area is 49.7 Å². The van der Waals surface area contributed by atoms with Crippen LogP contribution in [0.15, 0.2) is 12.3 Å². The van der Waals surface area contributed by atoms with Crippen molar-refractivity contribution in [2.45, 2.75) is 13.3 Å². The van der Waals surface area contributed by atoms with Crippen molar-refractivity contribution in [3.05, 3.63) is 12.3 Å². The molecule has 0 radical (unpaired) electrons. The molecule has 8 heavy (non-hydrogen) atoms. The Morgan fingerprint density at radius 2 is 2.62 bits per heavy atom. The van der Waals surface area contributed by atoms with Crippen LogP contribution in [-0.2, 0) is 4.84 Å². The molecule has 0 N–H and O–H groups in total. The van der Waals surface area contributed by atoms with Crippen LogP contribution >= 0.6 is 0 Å². The smallest absolute Gasteiger partial charge is 0.0720 e. The molecule has 1 rings (SSSR count). The van der Waals surface area contributed by atoms with E-state index < -0.39 is 0 Å². The van der Waals surface area contributed by atoms with Gasteiger partial charge in [-0.15, -0.1) is 0 Å². The van der Waals surface area contributed by atoms with Gasteiger partial charge >= 0.3 is 0 Å². The van der Waals surface area contributed by atoms with Gasteiger partial charge in [0.2, 0.25) is 0 Å². The fraction of sp³-hybridized carbons (Fsp3) is 0.667. The minimum Gasteiger partial charge on any atom is -0.274 e. The van der Waals surface area contributed by atoms with E-state index in [9.17, 15) is 0 Å². The van der Waals surface area contributed by atoms with Gasteiger partial charge in [-0.05, 0) is 13.3 Å². The molecule has 0 saturated carbocycles. The third kappa shape index (κ3) is 1.23. The van der Waals surface area contributed by atoms with Gasteiger partial charge in [-0.2, -0.15) is 0 Å². The fourth-order valence-corrected chi connectivity index (χ4v) is 0.742. The minimum absolute atomic E-state index is 0.768. The zero-order chi connectivity index (χ0) is 5.82. The number of hydrogen-bond acceptors (Lipinski definition) is 2. The normalized spacial score (nSPS) is 17.9. The molecule has 0 fully saturated rings. The molecule has 0 aromatic heterocycles. The highest BCUT2D eigenvalue weighted by molar-refractivity contribution is 4.86. The lowest BCUT2D eigenvalue weighted by atomic mass is 10.5. The predicted octanol–water partition coefficient (Wildman–Crippen LogP) is 1.16. The van der Waals surface area contributed by atoms with Crippen molar-refractivity contribution in [2.24, 2.45) is 0 Å². The van der Waals surface area contributed by atoms with Gasteiger partial charge in [-0.3, -0.25) is 9.90 Å². The van der Waals surface area contributed by atoms with E-state index in [0.29, 0.717) is 0 Å². The number of rotatable bonds is 2. The van der Waals surface area contributed by atoms with E-state index in [4.69, 9.17) is 4.84 Å². The molecule has 0 unspecified atom stereocenters.